The van der Waals surface area contributed by atoms with Crippen molar-refractivity contribution in [3.63, 3.8) is 0 Å². The third-order valence-electron chi connectivity index (χ3n) is 3.37. The zero-order valence-electron chi connectivity index (χ0n) is 12.2. The molecule has 0 aliphatic rings. The molecule has 0 atom stereocenters. The number of hydrogen-bond donors (Lipinski definition) is 2. The fourth-order valence-electron chi connectivity index (χ4n) is 2.36. The molecule has 0 amide bonds. The molecule has 0 fully saturated rings. The monoisotopic (exact) mass is 283 g/mol. The molecule has 1 aromatic heterocycles. The van der Waals surface area contributed by atoms with Gasteiger partial charge in [-0.2, -0.15) is 0 Å². The second-order valence-electron chi connectivity index (χ2n) is 5.04. The van der Waals surface area contributed by atoms with Gasteiger partial charge in [0.1, 0.15) is 5.69 Å². The molecule has 4 heteroatoms. The normalized spacial score (nSPS) is 11.0. The molecule has 0 aliphatic carbocycles. The van der Waals surface area contributed by atoms with Crippen LogP contribution in [0.2, 0.25) is 0 Å². The van der Waals surface area contributed by atoms with Gasteiger partial charge in [0, 0.05) is 11.3 Å². The summed E-state index contributed by atoms with van der Waals surface area (Å²) in [5.74, 6) is -1.26. The number of H-pyrrole nitrogens is 1. The predicted molar refractivity (Wildman–Crippen MR) is 81.8 cm³/mol. The zero-order valence-corrected chi connectivity index (χ0v) is 12.2. The van der Waals surface area contributed by atoms with Crippen LogP contribution in [0.25, 0.3) is 6.08 Å². The Labute approximate surface area is 123 Å². The van der Waals surface area contributed by atoms with Crippen molar-refractivity contribution >= 4 is 17.8 Å². The molecule has 2 N–H and O–H groups in total. The number of carboxylic acids is 1. The summed E-state index contributed by atoms with van der Waals surface area (Å²) in [6.45, 7) is 5.33. The molecule has 108 valence electrons. The van der Waals surface area contributed by atoms with Crippen LogP contribution in [0.4, 0.5) is 0 Å². The minimum Gasteiger partial charge on any atom is -0.477 e. The topological polar surface area (TPSA) is 70.2 Å². The fraction of sp³-hybridized carbons (Fsp3) is 0.176. The molecule has 0 spiro atoms. The molecule has 0 saturated heterocycles. The Morgan fingerprint density at radius 3 is 2.48 bits per heavy atom. The highest BCUT2D eigenvalue weighted by molar-refractivity contribution is 6.10. The highest BCUT2D eigenvalue weighted by atomic mass is 16.4. The van der Waals surface area contributed by atoms with E-state index in [1.807, 2.05) is 31.2 Å². The molecule has 0 saturated carbocycles. The van der Waals surface area contributed by atoms with E-state index >= 15 is 0 Å². The summed E-state index contributed by atoms with van der Waals surface area (Å²) in [6.07, 6.45) is 3.21. The number of ketones is 1. The van der Waals surface area contributed by atoms with Crippen LogP contribution in [0, 0.1) is 20.8 Å². The predicted octanol–water partition coefficient (Wildman–Crippen LogP) is 3.53. The highest BCUT2D eigenvalue weighted by Gasteiger charge is 2.19. The molecule has 0 radical (unpaired) electrons. The van der Waals surface area contributed by atoms with Crippen molar-refractivity contribution in [3.05, 3.63) is 64.0 Å². The van der Waals surface area contributed by atoms with Gasteiger partial charge in [0.2, 0.25) is 0 Å². The third kappa shape index (κ3) is 3.11. The maximum absolute atomic E-state index is 12.3. The smallest absolute Gasteiger partial charge is 0.352 e. The molecule has 1 aromatic carbocycles. The van der Waals surface area contributed by atoms with Crippen molar-refractivity contribution in [1.29, 1.82) is 0 Å². The zero-order chi connectivity index (χ0) is 15.6. The van der Waals surface area contributed by atoms with Crippen LogP contribution in [0.1, 0.15) is 43.2 Å². The summed E-state index contributed by atoms with van der Waals surface area (Å²) in [6, 6.07) is 7.80. The average molecular weight is 283 g/mol. The number of carbonyl (C=O) groups excluding carboxylic acids is 1. The van der Waals surface area contributed by atoms with Crippen LogP contribution in [0.3, 0.4) is 0 Å². The third-order valence-corrected chi connectivity index (χ3v) is 3.37. The fourth-order valence-corrected chi connectivity index (χ4v) is 2.36. The Kier molecular flexibility index (Phi) is 4.08. The standard InChI is InChI=1S/C17H17NO3/c1-10-5-4-6-13(9-10)7-8-14(19)15-11(2)16(17(20)21)18-12(15)3/h4-9,18H,1-3H3,(H,20,21)/b8-7+. The van der Waals surface area contributed by atoms with Gasteiger partial charge in [-0.25, -0.2) is 4.79 Å². The van der Waals surface area contributed by atoms with Gasteiger partial charge in [-0.05, 0) is 38.0 Å². The quantitative estimate of drug-likeness (QED) is 0.666. The second kappa shape index (κ2) is 5.79. The first-order chi connectivity index (χ1) is 9.90. The number of carbonyl (C=O) groups is 2. The van der Waals surface area contributed by atoms with E-state index in [1.54, 1.807) is 19.9 Å². The number of nitrogens with one attached hydrogen (secondary N) is 1. The van der Waals surface area contributed by atoms with Gasteiger partial charge in [0.15, 0.2) is 5.78 Å². The number of allylic oxidation sites excluding steroid dienone is 1. The van der Waals surface area contributed by atoms with Crippen LogP contribution >= 0.6 is 0 Å². The number of hydrogen-bond acceptors (Lipinski definition) is 2. The first-order valence-electron chi connectivity index (χ1n) is 6.61. The van der Waals surface area contributed by atoms with E-state index in [0.717, 1.165) is 11.1 Å². The Morgan fingerprint density at radius 1 is 1.19 bits per heavy atom. The van der Waals surface area contributed by atoms with Crippen LogP contribution < -0.4 is 0 Å². The average Bonchev–Trinajstić information content (AvgIpc) is 2.72. The minimum absolute atomic E-state index is 0.0693. The van der Waals surface area contributed by atoms with E-state index in [2.05, 4.69) is 4.98 Å². The van der Waals surface area contributed by atoms with Gasteiger partial charge >= 0.3 is 5.97 Å². The molecule has 2 aromatic rings. The van der Waals surface area contributed by atoms with Crippen LogP contribution in [-0.4, -0.2) is 21.8 Å². The van der Waals surface area contributed by atoms with Gasteiger partial charge in [0.05, 0.1) is 0 Å². The molecule has 21 heavy (non-hydrogen) atoms. The summed E-state index contributed by atoms with van der Waals surface area (Å²) in [5.41, 5.74) is 3.60. The number of benzene rings is 1. The summed E-state index contributed by atoms with van der Waals surface area (Å²) in [5, 5.41) is 9.06. The minimum atomic E-state index is -1.06. The maximum Gasteiger partial charge on any atom is 0.352 e. The van der Waals surface area contributed by atoms with Crippen molar-refractivity contribution in [2.45, 2.75) is 20.8 Å². The van der Waals surface area contributed by atoms with Crippen molar-refractivity contribution in [3.8, 4) is 0 Å². The van der Waals surface area contributed by atoms with Gasteiger partial charge in [-0.1, -0.05) is 35.9 Å². The van der Waals surface area contributed by atoms with E-state index < -0.39 is 5.97 Å². The molecular weight excluding hydrogens is 266 g/mol. The molecule has 0 unspecified atom stereocenters. The molecular formula is C17H17NO3. The molecule has 0 aliphatic heterocycles. The van der Waals surface area contributed by atoms with Crippen LogP contribution in [0.5, 0.6) is 0 Å². The van der Waals surface area contributed by atoms with E-state index in [-0.39, 0.29) is 11.5 Å². The van der Waals surface area contributed by atoms with E-state index in [1.165, 1.54) is 6.08 Å². The number of rotatable bonds is 4. The maximum atomic E-state index is 12.3. The molecule has 0 bridgehead atoms. The Hall–Kier alpha value is -2.62. The van der Waals surface area contributed by atoms with Gasteiger partial charge in [-0.15, -0.1) is 0 Å². The van der Waals surface area contributed by atoms with E-state index in [4.69, 9.17) is 5.11 Å². The number of aromatic nitrogens is 1. The summed E-state index contributed by atoms with van der Waals surface area (Å²) < 4.78 is 0. The van der Waals surface area contributed by atoms with Gasteiger partial charge < -0.3 is 10.1 Å². The van der Waals surface area contributed by atoms with Crippen molar-refractivity contribution in [1.82, 2.24) is 4.98 Å². The van der Waals surface area contributed by atoms with Gasteiger partial charge in [-0.3, -0.25) is 4.79 Å². The second-order valence-corrected chi connectivity index (χ2v) is 5.04. The highest BCUT2D eigenvalue weighted by Crippen LogP contribution is 2.19. The van der Waals surface area contributed by atoms with E-state index in [0.29, 0.717) is 16.8 Å². The van der Waals surface area contributed by atoms with Gasteiger partial charge in [0.25, 0.3) is 0 Å². The summed E-state index contributed by atoms with van der Waals surface area (Å²) in [4.78, 5) is 26.1. The molecule has 1 heterocycles. The van der Waals surface area contributed by atoms with E-state index in [9.17, 15) is 9.59 Å². The number of carboxylic acid groups (broad SMARTS) is 1. The number of aromatic carboxylic acids is 1. The Morgan fingerprint density at radius 2 is 1.90 bits per heavy atom. The van der Waals surface area contributed by atoms with Crippen LogP contribution in [-0.2, 0) is 0 Å². The lowest BCUT2D eigenvalue weighted by Crippen LogP contribution is -2.01. The molecule has 4 nitrogen and oxygen atoms in total. The largest absolute Gasteiger partial charge is 0.477 e. The Bertz CT molecular complexity index is 738. The lowest BCUT2D eigenvalue weighted by Gasteiger charge is -1.98. The SMILES string of the molecule is Cc1cccc(/C=C/C(=O)c2c(C)[nH]c(C(=O)O)c2C)c1. The molecule has 2 rings (SSSR count). The first-order valence-corrected chi connectivity index (χ1v) is 6.61. The Balaban J connectivity index is 2.31. The first kappa shape index (κ1) is 14.8. The van der Waals surface area contributed by atoms with Crippen molar-refractivity contribution in [2.75, 3.05) is 0 Å². The van der Waals surface area contributed by atoms with Crippen molar-refractivity contribution in [2.24, 2.45) is 0 Å². The summed E-state index contributed by atoms with van der Waals surface area (Å²) >= 11 is 0. The number of aromatic amines is 1. The summed E-state index contributed by atoms with van der Waals surface area (Å²) in [7, 11) is 0. The lowest BCUT2D eigenvalue weighted by atomic mass is 10.0. The van der Waals surface area contributed by atoms with Crippen molar-refractivity contribution < 1.29 is 14.7 Å². The van der Waals surface area contributed by atoms with Crippen LogP contribution in [0.15, 0.2) is 30.3 Å². The number of aryl methyl sites for hydroxylation is 2. The lowest BCUT2D eigenvalue weighted by molar-refractivity contribution is 0.0690.